The summed E-state index contributed by atoms with van der Waals surface area (Å²) >= 11 is 0. The first-order valence-electron chi connectivity index (χ1n) is 4.95. The highest BCUT2D eigenvalue weighted by Crippen LogP contribution is 2.56. The molecule has 0 saturated heterocycles. The molecule has 1 aliphatic carbocycles. The van der Waals surface area contributed by atoms with E-state index >= 15 is 0 Å². The molecule has 0 aromatic carbocycles. The van der Waals surface area contributed by atoms with Gasteiger partial charge in [-0.3, -0.25) is 4.79 Å². The predicted molar refractivity (Wildman–Crippen MR) is 51.3 cm³/mol. The molecule has 3 N–H and O–H groups in total. The molecule has 1 rings (SSSR count). The third-order valence-electron chi connectivity index (χ3n) is 3.40. The van der Waals surface area contributed by atoms with E-state index in [1.165, 1.54) is 12.8 Å². The van der Waals surface area contributed by atoms with Crippen LogP contribution in [-0.4, -0.2) is 17.6 Å². The van der Waals surface area contributed by atoms with Crippen molar-refractivity contribution in [2.45, 2.75) is 33.1 Å². The van der Waals surface area contributed by atoms with Gasteiger partial charge in [-0.15, -0.1) is 0 Å². The fourth-order valence-corrected chi connectivity index (χ4v) is 1.94. The Hall–Kier alpha value is -0.570. The van der Waals surface area contributed by atoms with Crippen LogP contribution >= 0.6 is 0 Å². The van der Waals surface area contributed by atoms with Crippen LogP contribution in [0.3, 0.4) is 0 Å². The zero-order valence-electron chi connectivity index (χ0n) is 8.42. The molecule has 1 fully saturated rings. The van der Waals surface area contributed by atoms with Crippen LogP contribution in [0.25, 0.3) is 0 Å². The number of hydrogen-bond donors (Lipinski definition) is 2. The maximum Gasteiger partial charge on any atom is 0.307 e. The molecule has 0 spiro atoms. The highest BCUT2D eigenvalue weighted by Gasteiger charge is 2.47. The predicted octanol–water partition coefficient (Wildman–Crippen LogP) is 1.47. The minimum absolute atomic E-state index is 0.268. The van der Waals surface area contributed by atoms with Gasteiger partial charge < -0.3 is 10.8 Å². The molecule has 0 amide bonds. The summed E-state index contributed by atoms with van der Waals surface area (Å²) in [6, 6.07) is 0. The fraction of sp³-hybridized carbons (Fsp3) is 0.900. The summed E-state index contributed by atoms with van der Waals surface area (Å²) in [7, 11) is 0. The average molecular weight is 185 g/mol. The second-order valence-corrected chi connectivity index (χ2v) is 4.49. The topological polar surface area (TPSA) is 63.3 Å². The summed E-state index contributed by atoms with van der Waals surface area (Å²) in [4.78, 5) is 10.8. The number of aliphatic carboxylic acids is 1. The van der Waals surface area contributed by atoms with Crippen molar-refractivity contribution in [1.82, 2.24) is 0 Å². The van der Waals surface area contributed by atoms with Crippen LogP contribution in [-0.2, 0) is 4.79 Å². The van der Waals surface area contributed by atoms with Crippen LogP contribution in [0.15, 0.2) is 0 Å². The lowest BCUT2D eigenvalue weighted by Crippen LogP contribution is -2.28. The number of carbonyl (C=O) groups is 1. The Morgan fingerprint density at radius 2 is 2.08 bits per heavy atom. The molecule has 1 saturated carbocycles. The van der Waals surface area contributed by atoms with E-state index in [9.17, 15) is 4.79 Å². The zero-order valence-corrected chi connectivity index (χ0v) is 8.42. The minimum Gasteiger partial charge on any atom is -0.481 e. The third-order valence-corrected chi connectivity index (χ3v) is 3.40. The van der Waals surface area contributed by atoms with Gasteiger partial charge in [-0.2, -0.15) is 0 Å². The third kappa shape index (κ3) is 2.21. The molecule has 3 nitrogen and oxygen atoms in total. The highest BCUT2D eigenvalue weighted by molar-refractivity contribution is 5.70. The molecule has 13 heavy (non-hydrogen) atoms. The van der Waals surface area contributed by atoms with E-state index in [0.29, 0.717) is 11.3 Å². The molecular weight excluding hydrogens is 166 g/mol. The van der Waals surface area contributed by atoms with E-state index in [1.54, 1.807) is 0 Å². The van der Waals surface area contributed by atoms with E-state index < -0.39 is 5.97 Å². The van der Waals surface area contributed by atoms with Gasteiger partial charge in [-0.25, -0.2) is 0 Å². The highest BCUT2D eigenvalue weighted by atomic mass is 16.4. The Morgan fingerprint density at radius 3 is 2.31 bits per heavy atom. The van der Waals surface area contributed by atoms with Crippen molar-refractivity contribution in [2.75, 3.05) is 6.54 Å². The lowest BCUT2D eigenvalue weighted by molar-refractivity contribution is -0.142. The second kappa shape index (κ2) is 3.66. The maximum atomic E-state index is 10.8. The van der Waals surface area contributed by atoms with Gasteiger partial charge in [0.05, 0.1) is 5.92 Å². The minimum atomic E-state index is -0.741. The summed E-state index contributed by atoms with van der Waals surface area (Å²) in [6.07, 6.45) is 3.11. The van der Waals surface area contributed by atoms with E-state index in [4.69, 9.17) is 10.8 Å². The van der Waals surface area contributed by atoms with Gasteiger partial charge in [0.2, 0.25) is 0 Å². The standard InChI is InChI=1S/C10H19NO2/c1-7(2)10(3-4-10)5-8(6-11)9(12)13/h7-8H,3-6,11H2,1-2H3,(H,12,13). The Bertz CT molecular complexity index is 197. The van der Waals surface area contributed by atoms with Crippen molar-refractivity contribution in [3.05, 3.63) is 0 Å². The van der Waals surface area contributed by atoms with Crippen LogP contribution < -0.4 is 5.73 Å². The van der Waals surface area contributed by atoms with Crippen molar-refractivity contribution in [1.29, 1.82) is 0 Å². The lowest BCUT2D eigenvalue weighted by atomic mass is 9.83. The Labute approximate surface area is 79.3 Å². The molecule has 0 radical (unpaired) electrons. The molecule has 0 aliphatic heterocycles. The SMILES string of the molecule is CC(C)C1(CC(CN)C(=O)O)CC1. The molecule has 1 aliphatic rings. The van der Waals surface area contributed by atoms with E-state index in [0.717, 1.165) is 6.42 Å². The van der Waals surface area contributed by atoms with E-state index in [2.05, 4.69) is 13.8 Å². The Kier molecular flexibility index (Phi) is 2.96. The van der Waals surface area contributed by atoms with Crippen molar-refractivity contribution < 1.29 is 9.90 Å². The summed E-state index contributed by atoms with van der Waals surface area (Å²) in [6.45, 7) is 4.61. The lowest BCUT2D eigenvalue weighted by Gasteiger charge is -2.22. The number of hydrogen-bond acceptors (Lipinski definition) is 2. The van der Waals surface area contributed by atoms with Gasteiger partial charge in [0, 0.05) is 6.54 Å². The first-order valence-corrected chi connectivity index (χ1v) is 4.95. The average Bonchev–Trinajstić information content (AvgIpc) is 2.80. The summed E-state index contributed by atoms with van der Waals surface area (Å²) in [5.74, 6) is -0.500. The molecule has 3 heteroatoms. The van der Waals surface area contributed by atoms with Gasteiger partial charge in [0.25, 0.3) is 0 Å². The van der Waals surface area contributed by atoms with Gasteiger partial charge in [0.15, 0.2) is 0 Å². The van der Waals surface area contributed by atoms with Gasteiger partial charge in [-0.1, -0.05) is 13.8 Å². The monoisotopic (exact) mass is 185 g/mol. The summed E-state index contributed by atoms with van der Waals surface area (Å²) in [5.41, 5.74) is 5.72. The summed E-state index contributed by atoms with van der Waals surface area (Å²) < 4.78 is 0. The zero-order chi connectivity index (χ0) is 10.1. The van der Waals surface area contributed by atoms with E-state index in [-0.39, 0.29) is 12.5 Å². The number of carboxylic acid groups (broad SMARTS) is 1. The van der Waals surface area contributed by atoms with Crippen molar-refractivity contribution >= 4 is 5.97 Å². The molecule has 0 aromatic heterocycles. The van der Waals surface area contributed by atoms with Crippen LogP contribution in [0.4, 0.5) is 0 Å². The van der Waals surface area contributed by atoms with Gasteiger partial charge >= 0.3 is 5.97 Å². The van der Waals surface area contributed by atoms with Gasteiger partial charge in [-0.05, 0) is 30.6 Å². The van der Waals surface area contributed by atoms with Crippen molar-refractivity contribution in [3.8, 4) is 0 Å². The van der Waals surface area contributed by atoms with Crippen LogP contribution in [0.5, 0.6) is 0 Å². The first kappa shape index (κ1) is 10.5. The first-order chi connectivity index (χ1) is 6.02. The van der Waals surface area contributed by atoms with Crippen molar-refractivity contribution in [2.24, 2.45) is 23.0 Å². The second-order valence-electron chi connectivity index (χ2n) is 4.49. The van der Waals surface area contributed by atoms with Crippen LogP contribution in [0, 0.1) is 17.3 Å². The van der Waals surface area contributed by atoms with E-state index in [1.807, 2.05) is 0 Å². The van der Waals surface area contributed by atoms with Gasteiger partial charge in [0.1, 0.15) is 0 Å². The van der Waals surface area contributed by atoms with Crippen LogP contribution in [0.1, 0.15) is 33.1 Å². The molecule has 0 heterocycles. The largest absolute Gasteiger partial charge is 0.481 e. The molecule has 1 atom stereocenters. The smallest absolute Gasteiger partial charge is 0.307 e. The Morgan fingerprint density at radius 1 is 1.54 bits per heavy atom. The maximum absolute atomic E-state index is 10.8. The number of carboxylic acids is 1. The van der Waals surface area contributed by atoms with Crippen LogP contribution in [0.2, 0.25) is 0 Å². The Balaban J connectivity index is 2.51. The molecule has 1 unspecified atom stereocenters. The molecule has 0 bridgehead atoms. The molecular formula is C10H19NO2. The fourth-order valence-electron chi connectivity index (χ4n) is 1.94. The number of nitrogens with two attached hydrogens (primary N) is 1. The summed E-state index contributed by atoms with van der Waals surface area (Å²) in [5, 5.41) is 8.87. The van der Waals surface area contributed by atoms with Crippen molar-refractivity contribution in [3.63, 3.8) is 0 Å². The molecule has 0 aromatic rings. The number of rotatable bonds is 5. The molecule has 76 valence electrons. The normalized spacial score (nSPS) is 21.5. The quantitative estimate of drug-likeness (QED) is 0.681.